The van der Waals surface area contributed by atoms with Gasteiger partial charge in [-0.2, -0.15) is 0 Å². The quantitative estimate of drug-likeness (QED) is 0.629. The number of hydrogen-bond acceptors (Lipinski definition) is 2. The van der Waals surface area contributed by atoms with Gasteiger partial charge in [0, 0.05) is 12.1 Å². The normalized spacial score (nSPS) is 9.84. The molecule has 0 heterocycles. The van der Waals surface area contributed by atoms with Gasteiger partial charge in [-0.15, -0.1) is 6.42 Å². The van der Waals surface area contributed by atoms with Gasteiger partial charge in [0.25, 0.3) is 0 Å². The third-order valence-corrected chi connectivity index (χ3v) is 2.74. The van der Waals surface area contributed by atoms with Crippen molar-refractivity contribution in [3.8, 4) is 29.2 Å². The zero-order valence-corrected chi connectivity index (χ0v) is 10.8. The molecule has 2 aromatic carbocycles. The van der Waals surface area contributed by atoms with Crippen LogP contribution in [0, 0.1) is 12.3 Å². The van der Waals surface area contributed by atoms with Crippen molar-refractivity contribution in [2.24, 2.45) is 0 Å². The van der Waals surface area contributed by atoms with E-state index in [1.807, 2.05) is 36.4 Å². The summed E-state index contributed by atoms with van der Waals surface area (Å²) < 4.78 is 5.81. The van der Waals surface area contributed by atoms with Crippen LogP contribution in [0.2, 0.25) is 0 Å². The van der Waals surface area contributed by atoms with Crippen LogP contribution in [0.4, 0.5) is 0 Å². The maximum atomic E-state index is 5.81. The summed E-state index contributed by atoms with van der Waals surface area (Å²) in [6.07, 6.45) is 5.17. The minimum atomic E-state index is 0.573. The summed E-state index contributed by atoms with van der Waals surface area (Å²) in [5.74, 6) is 3.44. The Bertz CT molecular complexity index is 543. The van der Waals surface area contributed by atoms with E-state index < -0.39 is 0 Å². The van der Waals surface area contributed by atoms with Crippen LogP contribution in [0.25, 0.3) is 11.1 Å². The molecule has 0 atom stereocenters. The van der Waals surface area contributed by atoms with E-state index in [1.54, 1.807) is 0 Å². The Morgan fingerprint density at radius 1 is 1.00 bits per heavy atom. The molecule has 0 aromatic heterocycles. The highest BCUT2D eigenvalue weighted by Crippen LogP contribution is 2.29. The van der Waals surface area contributed by atoms with Crippen molar-refractivity contribution in [1.29, 1.82) is 0 Å². The summed E-state index contributed by atoms with van der Waals surface area (Å²) in [7, 11) is 0. The lowest BCUT2D eigenvalue weighted by atomic mass is 10.1. The van der Waals surface area contributed by atoms with Gasteiger partial charge >= 0.3 is 0 Å². The summed E-state index contributed by atoms with van der Waals surface area (Å²) in [5.41, 5.74) is 2.27. The summed E-state index contributed by atoms with van der Waals surface area (Å²) >= 11 is 0. The number of nitrogens with one attached hydrogen (secondary N) is 1. The van der Waals surface area contributed by atoms with Gasteiger partial charge in [-0.3, -0.25) is 0 Å². The lowest BCUT2D eigenvalue weighted by Crippen LogP contribution is -2.21. The fraction of sp³-hybridized carbons (Fsp3) is 0.176. The topological polar surface area (TPSA) is 21.3 Å². The van der Waals surface area contributed by atoms with Crippen LogP contribution >= 0.6 is 0 Å². The van der Waals surface area contributed by atoms with E-state index >= 15 is 0 Å². The van der Waals surface area contributed by atoms with Crippen LogP contribution in [-0.4, -0.2) is 19.7 Å². The zero-order chi connectivity index (χ0) is 13.3. The molecule has 2 heteroatoms. The van der Waals surface area contributed by atoms with Gasteiger partial charge in [-0.1, -0.05) is 54.5 Å². The van der Waals surface area contributed by atoms with Crippen LogP contribution in [0.3, 0.4) is 0 Å². The van der Waals surface area contributed by atoms with Crippen LogP contribution in [0.15, 0.2) is 54.6 Å². The van der Waals surface area contributed by atoms with Crippen molar-refractivity contribution >= 4 is 0 Å². The predicted octanol–water partition coefficient (Wildman–Crippen LogP) is 2.96. The van der Waals surface area contributed by atoms with E-state index in [-0.39, 0.29) is 0 Å². The Hall–Kier alpha value is -2.24. The molecule has 0 aliphatic carbocycles. The Labute approximate surface area is 114 Å². The molecule has 2 aromatic rings. The smallest absolute Gasteiger partial charge is 0.127 e. The molecule has 0 spiro atoms. The third kappa shape index (κ3) is 3.87. The molecule has 2 nitrogen and oxygen atoms in total. The Morgan fingerprint density at radius 2 is 1.74 bits per heavy atom. The van der Waals surface area contributed by atoms with Gasteiger partial charge < -0.3 is 10.1 Å². The number of benzene rings is 2. The fourth-order valence-corrected chi connectivity index (χ4v) is 1.84. The molecule has 2 rings (SSSR count). The minimum Gasteiger partial charge on any atom is -0.492 e. The molecular formula is C17H17NO. The molecule has 0 saturated heterocycles. The van der Waals surface area contributed by atoms with Crippen molar-refractivity contribution in [2.75, 3.05) is 19.7 Å². The molecule has 0 unspecified atom stereocenters. The number of terminal acetylenes is 1. The number of rotatable bonds is 6. The molecule has 1 N–H and O–H groups in total. The van der Waals surface area contributed by atoms with Gasteiger partial charge in [0.1, 0.15) is 12.4 Å². The number of ether oxygens (including phenoxy) is 1. The van der Waals surface area contributed by atoms with E-state index in [2.05, 4.69) is 29.4 Å². The van der Waals surface area contributed by atoms with E-state index in [0.717, 1.165) is 23.4 Å². The molecule has 0 fully saturated rings. The van der Waals surface area contributed by atoms with Crippen LogP contribution in [-0.2, 0) is 0 Å². The summed E-state index contributed by atoms with van der Waals surface area (Å²) in [4.78, 5) is 0. The van der Waals surface area contributed by atoms with Gasteiger partial charge in [0.05, 0.1) is 6.54 Å². The average Bonchev–Trinajstić information content (AvgIpc) is 2.48. The second-order valence-corrected chi connectivity index (χ2v) is 4.09. The van der Waals surface area contributed by atoms with Gasteiger partial charge in [0.2, 0.25) is 0 Å². The van der Waals surface area contributed by atoms with Crippen molar-refractivity contribution in [3.05, 3.63) is 54.6 Å². The zero-order valence-electron chi connectivity index (χ0n) is 10.8. The predicted molar refractivity (Wildman–Crippen MR) is 79.1 cm³/mol. The molecule has 0 aliphatic rings. The highest BCUT2D eigenvalue weighted by Gasteiger charge is 2.04. The van der Waals surface area contributed by atoms with Gasteiger partial charge in [-0.25, -0.2) is 0 Å². The van der Waals surface area contributed by atoms with Crippen LogP contribution in [0.1, 0.15) is 0 Å². The fourth-order valence-electron chi connectivity index (χ4n) is 1.84. The van der Waals surface area contributed by atoms with Gasteiger partial charge in [-0.05, 0) is 11.6 Å². The van der Waals surface area contributed by atoms with Crippen molar-refractivity contribution in [1.82, 2.24) is 5.32 Å². The van der Waals surface area contributed by atoms with E-state index in [1.165, 1.54) is 0 Å². The Morgan fingerprint density at radius 3 is 2.53 bits per heavy atom. The molecule has 96 valence electrons. The number of para-hydroxylation sites is 1. The first-order chi connectivity index (χ1) is 9.42. The molecule has 0 amide bonds. The first-order valence-corrected chi connectivity index (χ1v) is 6.33. The molecular weight excluding hydrogens is 234 g/mol. The molecule has 0 radical (unpaired) electrons. The average molecular weight is 251 g/mol. The monoisotopic (exact) mass is 251 g/mol. The first-order valence-electron chi connectivity index (χ1n) is 6.33. The lowest BCUT2D eigenvalue weighted by Gasteiger charge is -2.11. The summed E-state index contributed by atoms with van der Waals surface area (Å²) in [6.45, 7) is 1.92. The van der Waals surface area contributed by atoms with E-state index in [9.17, 15) is 0 Å². The highest BCUT2D eigenvalue weighted by molar-refractivity contribution is 5.70. The van der Waals surface area contributed by atoms with Gasteiger partial charge in [0.15, 0.2) is 0 Å². The van der Waals surface area contributed by atoms with Crippen LogP contribution in [0.5, 0.6) is 5.75 Å². The van der Waals surface area contributed by atoms with Crippen LogP contribution < -0.4 is 10.1 Å². The highest BCUT2D eigenvalue weighted by atomic mass is 16.5. The molecule has 0 bridgehead atoms. The Kier molecular flexibility index (Phi) is 5.04. The molecule has 0 saturated carbocycles. The standard InChI is InChI=1S/C17H17NO/c1-2-12-18-13-14-19-17-11-7-6-10-16(17)15-8-4-3-5-9-15/h1,3-11,18H,12-14H2. The molecule has 19 heavy (non-hydrogen) atoms. The summed E-state index contributed by atoms with van der Waals surface area (Å²) in [6, 6.07) is 18.3. The first kappa shape index (κ1) is 13.2. The SMILES string of the molecule is C#CCNCCOc1ccccc1-c1ccccc1. The number of hydrogen-bond donors (Lipinski definition) is 1. The third-order valence-electron chi connectivity index (χ3n) is 2.74. The maximum Gasteiger partial charge on any atom is 0.127 e. The second-order valence-electron chi connectivity index (χ2n) is 4.09. The second kappa shape index (κ2) is 7.25. The largest absolute Gasteiger partial charge is 0.492 e. The minimum absolute atomic E-state index is 0.573. The maximum absolute atomic E-state index is 5.81. The summed E-state index contributed by atoms with van der Waals surface area (Å²) in [5, 5.41) is 3.10. The molecule has 0 aliphatic heterocycles. The van der Waals surface area contributed by atoms with Crippen molar-refractivity contribution < 1.29 is 4.74 Å². The lowest BCUT2D eigenvalue weighted by molar-refractivity contribution is 0.318. The van der Waals surface area contributed by atoms with E-state index in [4.69, 9.17) is 11.2 Å². The Balaban J connectivity index is 2.03. The van der Waals surface area contributed by atoms with Crippen molar-refractivity contribution in [3.63, 3.8) is 0 Å². The van der Waals surface area contributed by atoms with Crippen molar-refractivity contribution in [2.45, 2.75) is 0 Å². The van der Waals surface area contributed by atoms with E-state index in [0.29, 0.717) is 13.2 Å².